The molecule has 1 aliphatic rings. The first kappa shape index (κ1) is 23.0. The van der Waals surface area contributed by atoms with Crippen LogP contribution in [0.5, 0.6) is 0 Å². The molecule has 1 fully saturated rings. The number of aliphatic hydroxyl groups is 1. The number of aliphatic hydroxyl groups excluding tert-OH is 1. The van der Waals surface area contributed by atoms with Gasteiger partial charge in [0.1, 0.15) is 0 Å². The Bertz CT molecular complexity index is 887. The van der Waals surface area contributed by atoms with Crippen molar-refractivity contribution >= 4 is 11.8 Å². The van der Waals surface area contributed by atoms with E-state index in [0.717, 1.165) is 30.8 Å². The molecule has 1 aliphatic heterocycles. The largest absolute Gasteiger partial charge is 0.393 e. The maximum atomic E-state index is 12.9. The SMILES string of the molecule is CCN(CC)CCNC(=O)c1cccc(-c2cccc(C(=O)N3CCC(O)CC3)c2)c1. The summed E-state index contributed by atoms with van der Waals surface area (Å²) in [5, 5.41) is 12.7. The van der Waals surface area contributed by atoms with Crippen LogP contribution in [0.3, 0.4) is 0 Å². The minimum Gasteiger partial charge on any atom is -0.393 e. The fourth-order valence-electron chi connectivity index (χ4n) is 3.89. The molecule has 6 heteroatoms. The van der Waals surface area contributed by atoms with E-state index < -0.39 is 0 Å². The van der Waals surface area contributed by atoms with Crippen molar-refractivity contribution in [3.63, 3.8) is 0 Å². The number of hydrogen-bond donors (Lipinski definition) is 2. The minimum atomic E-state index is -0.309. The van der Waals surface area contributed by atoms with Crippen LogP contribution in [-0.2, 0) is 0 Å². The van der Waals surface area contributed by atoms with E-state index >= 15 is 0 Å². The third-order valence-electron chi connectivity index (χ3n) is 5.93. The Labute approximate surface area is 184 Å². The van der Waals surface area contributed by atoms with Gasteiger partial charge in [0.05, 0.1) is 6.10 Å². The Kier molecular flexibility index (Phi) is 8.20. The van der Waals surface area contributed by atoms with E-state index in [-0.39, 0.29) is 17.9 Å². The molecule has 3 rings (SSSR count). The molecule has 2 N–H and O–H groups in total. The highest BCUT2D eigenvalue weighted by atomic mass is 16.3. The number of nitrogens with zero attached hydrogens (tertiary/aromatic N) is 2. The summed E-state index contributed by atoms with van der Waals surface area (Å²) in [5.41, 5.74) is 3.04. The number of nitrogens with one attached hydrogen (secondary N) is 1. The Morgan fingerprint density at radius 2 is 1.58 bits per heavy atom. The quantitative estimate of drug-likeness (QED) is 0.685. The smallest absolute Gasteiger partial charge is 0.253 e. The van der Waals surface area contributed by atoms with Crippen molar-refractivity contribution in [2.45, 2.75) is 32.8 Å². The molecular formula is C25H33N3O3. The van der Waals surface area contributed by atoms with Gasteiger partial charge in [-0.15, -0.1) is 0 Å². The molecule has 0 unspecified atom stereocenters. The van der Waals surface area contributed by atoms with Crippen LogP contribution in [-0.4, -0.2) is 72.1 Å². The molecule has 0 aromatic heterocycles. The Balaban J connectivity index is 1.68. The van der Waals surface area contributed by atoms with Crippen molar-refractivity contribution in [1.82, 2.24) is 15.1 Å². The molecule has 0 radical (unpaired) electrons. The van der Waals surface area contributed by atoms with Crippen LogP contribution in [0.1, 0.15) is 47.4 Å². The lowest BCUT2D eigenvalue weighted by molar-refractivity contribution is 0.0546. The van der Waals surface area contributed by atoms with Gasteiger partial charge in [-0.3, -0.25) is 9.59 Å². The fourth-order valence-corrected chi connectivity index (χ4v) is 3.89. The van der Waals surface area contributed by atoms with Gasteiger partial charge in [0.25, 0.3) is 11.8 Å². The summed E-state index contributed by atoms with van der Waals surface area (Å²) < 4.78 is 0. The number of benzene rings is 2. The number of hydrogen-bond acceptors (Lipinski definition) is 4. The molecule has 166 valence electrons. The predicted molar refractivity (Wildman–Crippen MR) is 123 cm³/mol. The highest BCUT2D eigenvalue weighted by Gasteiger charge is 2.22. The van der Waals surface area contributed by atoms with Gasteiger partial charge in [0.15, 0.2) is 0 Å². The number of carbonyl (C=O) groups is 2. The second kappa shape index (κ2) is 11.1. The van der Waals surface area contributed by atoms with Crippen molar-refractivity contribution in [3.05, 3.63) is 59.7 Å². The topological polar surface area (TPSA) is 72.9 Å². The van der Waals surface area contributed by atoms with Crippen molar-refractivity contribution in [1.29, 1.82) is 0 Å². The lowest BCUT2D eigenvalue weighted by Crippen LogP contribution is -2.40. The van der Waals surface area contributed by atoms with Crippen molar-refractivity contribution < 1.29 is 14.7 Å². The Morgan fingerprint density at radius 1 is 1.00 bits per heavy atom. The average Bonchev–Trinajstić information content (AvgIpc) is 2.82. The summed E-state index contributed by atoms with van der Waals surface area (Å²) in [6, 6.07) is 15.0. The van der Waals surface area contributed by atoms with E-state index in [4.69, 9.17) is 0 Å². The first-order valence-corrected chi connectivity index (χ1v) is 11.2. The van der Waals surface area contributed by atoms with E-state index in [1.54, 1.807) is 4.90 Å². The van der Waals surface area contributed by atoms with Crippen LogP contribution >= 0.6 is 0 Å². The third-order valence-corrected chi connectivity index (χ3v) is 5.93. The monoisotopic (exact) mass is 423 g/mol. The summed E-state index contributed by atoms with van der Waals surface area (Å²) in [7, 11) is 0. The molecule has 0 saturated carbocycles. The van der Waals surface area contributed by atoms with Crippen molar-refractivity contribution in [2.75, 3.05) is 39.3 Å². The highest BCUT2D eigenvalue weighted by molar-refractivity contribution is 5.97. The van der Waals surface area contributed by atoms with Crippen molar-refractivity contribution in [2.24, 2.45) is 0 Å². The lowest BCUT2D eigenvalue weighted by Gasteiger charge is -2.29. The van der Waals surface area contributed by atoms with Crippen LogP contribution in [0.15, 0.2) is 48.5 Å². The summed E-state index contributed by atoms with van der Waals surface area (Å²) in [6.07, 6.45) is 0.935. The highest BCUT2D eigenvalue weighted by Crippen LogP contribution is 2.23. The second-order valence-corrected chi connectivity index (χ2v) is 7.97. The van der Waals surface area contributed by atoms with Crippen LogP contribution in [0.25, 0.3) is 11.1 Å². The van der Waals surface area contributed by atoms with Gasteiger partial charge in [-0.2, -0.15) is 0 Å². The average molecular weight is 424 g/mol. The number of amides is 2. The van der Waals surface area contributed by atoms with E-state index in [9.17, 15) is 14.7 Å². The summed E-state index contributed by atoms with van der Waals surface area (Å²) in [6.45, 7) is 8.75. The van der Waals surface area contributed by atoms with Crippen LogP contribution in [0.4, 0.5) is 0 Å². The number of likely N-dealkylation sites (tertiary alicyclic amines) is 1. The molecule has 2 aromatic rings. The van der Waals surface area contributed by atoms with E-state index in [0.29, 0.717) is 43.6 Å². The minimum absolute atomic E-state index is 0.0148. The Morgan fingerprint density at radius 3 is 2.19 bits per heavy atom. The standard InChI is InChI=1S/C25H33N3O3/c1-3-27(4-2)16-13-26-24(30)21-9-5-7-19(17-21)20-8-6-10-22(18-20)25(31)28-14-11-23(29)12-15-28/h5-10,17-18,23,29H,3-4,11-16H2,1-2H3,(H,26,30). The van der Waals surface area contributed by atoms with Gasteiger partial charge < -0.3 is 20.2 Å². The molecule has 6 nitrogen and oxygen atoms in total. The van der Waals surface area contributed by atoms with E-state index in [2.05, 4.69) is 24.1 Å². The third kappa shape index (κ3) is 6.15. The molecular weight excluding hydrogens is 390 g/mol. The summed E-state index contributed by atoms with van der Waals surface area (Å²) in [4.78, 5) is 29.5. The van der Waals surface area contributed by atoms with Gasteiger partial charge in [-0.25, -0.2) is 0 Å². The Hall–Kier alpha value is -2.70. The van der Waals surface area contributed by atoms with Gasteiger partial charge >= 0.3 is 0 Å². The van der Waals surface area contributed by atoms with Gasteiger partial charge in [0.2, 0.25) is 0 Å². The zero-order valence-corrected chi connectivity index (χ0v) is 18.5. The molecule has 0 atom stereocenters. The van der Waals surface area contributed by atoms with E-state index in [1.807, 2.05) is 48.5 Å². The molecule has 2 aromatic carbocycles. The molecule has 2 amide bonds. The number of carbonyl (C=O) groups excluding carboxylic acids is 2. The fraction of sp³-hybridized carbons (Fsp3) is 0.440. The van der Waals surface area contributed by atoms with Gasteiger partial charge in [-0.1, -0.05) is 38.1 Å². The van der Waals surface area contributed by atoms with Crippen LogP contribution in [0, 0.1) is 0 Å². The summed E-state index contributed by atoms with van der Waals surface area (Å²) in [5.74, 6) is -0.104. The lowest BCUT2D eigenvalue weighted by atomic mass is 9.99. The summed E-state index contributed by atoms with van der Waals surface area (Å²) >= 11 is 0. The van der Waals surface area contributed by atoms with Gasteiger partial charge in [-0.05, 0) is 61.3 Å². The molecule has 1 saturated heterocycles. The number of piperidine rings is 1. The van der Waals surface area contributed by atoms with E-state index in [1.165, 1.54) is 0 Å². The molecule has 31 heavy (non-hydrogen) atoms. The normalized spacial score (nSPS) is 14.6. The van der Waals surface area contributed by atoms with Crippen molar-refractivity contribution in [3.8, 4) is 11.1 Å². The zero-order chi connectivity index (χ0) is 22.2. The maximum absolute atomic E-state index is 12.9. The second-order valence-electron chi connectivity index (χ2n) is 7.97. The first-order valence-electron chi connectivity index (χ1n) is 11.2. The van der Waals surface area contributed by atoms with Crippen LogP contribution in [0.2, 0.25) is 0 Å². The van der Waals surface area contributed by atoms with Gasteiger partial charge in [0, 0.05) is 37.3 Å². The first-order chi connectivity index (χ1) is 15.0. The maximum Gasteiger partial charge on any atom is 0.253 e. The molecule has 0 bridgehead atoms. The molecule has 0 spiro atoms. The predicted octanol–water partition coefficient (Wildman–Crippen LogP) is 3.02. The molecule has 1 heterocycles. The van der Waals surface area contributed by atoms with Crippen LogP contribution < -0.4 is 5.32 Å². The number of rotatable bonds is 8. The molecule has 0 aliphatic carbocycles. The zero-order valence-electron chi connectivity index (χ0n) is 18.5. The number of likely N-dealkylation sites (N-methyl/N-ethyl adjacent to an activating group) is 1.